The Hall–Kier alpha value is -2.24. The molecule has 22 heavy (non-hydrogen) atoms. The number of nitrogens with zero attached hydrogens (tertiary/aromatic N) is 1. The molecule has 120 valence electrons. The van der Waals surface area contributed by atoms with E-state index in [9.17, 15) is 9.59 Å². The van der Waals surface area contributed by atoms with Crippen LogP contribution in [0.15, 0.2) is 30.3 Å². The first-order valence-corrected chi connectivity index (χ1v) is 7.75. The number of para-hydroxylation sites is 1. The predicted octanol–water partition coefficient (Wildman–Crippen LogP) is 2.36. The van der Waals surface area contributed by atoms with E-state index in [1.165, 1.54) is 0 Å². The summed E-state index contributed by atoms with van der Waals surface area (Å²) in [6, 6.07) is 9.01. The second kappa shape index (κ2) is 8.26. The average Bonchev–Trinajstić information content (AvgIpc) is 2.54. The van der Waals surface area contributed by atoms with Crippen molar-refractivity contribution in [3.8, 4) is 5.75 Å². The highest BCUT2D eigenvalue weighted by Gasteiger charge is 2.24. The molecule has 1 heterocycles. The van der Waals surface area contributed by atoms with Gasteiger partial charge in [-0.25, -0.2) is 9.59 Å². The first kappa shape index (κ1) is 16.1. The third-order valence-electron chi connectivity index (χ3n) is 3.57. The van der Waals surface area contributed by atoms with Crippen molar-refractivity contribution in [2.45, 2.75) is 32.2 Å². The van der Waals surface area contributed by atoms with Crippen LogP contribution in [0.2, 0.25) is 0 Å². The van der Waals surface area contributed by atoms with Gasteiger partial charge in [0.15, 0.2) is 0 Å². The number of hydrogen-bond acceptors (Lipinski definition) is 3. The molecule has 6 nitrogen and oxygen atoms in total. The number of ether oxygens (including phenoxy) is 1. The third-order valence-corrected chi connectivity index (χ3v) is 3.57. The van der Waals surface area contributed by atoms with Gasteiger partial charge in [-0.3, -0.25) is 0 Å². The summed E-state index contributed by atoms with van der Waals surface area (Å²) in [4.78, 5) is 25.3. The molecule has 0 saturated carbocycles. The Kier molecular flexibility index (Phi) is 6.06. The smallest absolute Gasteiger partial charge is 0.410 e. The molecule has 1 aromatic carbocycles. The summed E-state index contributed by atoms with van der Waals surface area (Å²) in [7, 11) is 0. The Morgan fingerprint density at radius 3 is 2.55 bits per heavy atom. The van der Waals surface area contributed by atoms with Crippen molar-refractivity contribution in [2.24, 2.45) is 0 Å². The van der Waals surface area contributed by atoms with Crippen LogP contribution in [0.25, 0.3) is 0 Å². The summed E-state index contributed by atoms with van der Waals surface area (Å²) in [5.74, 6) is 0.548. The number of likely N-dealkylation sites (tertiary alicyclic amines) is 1. The fraction of sp³-hybridized carbons (Fsp3) is 0.500. The molecule has 0 aromatic heterocycles. The fourth-order valence-electron chi connectivity index (χ4n) is 2.34. The van der Waals surface area contributed by atoms with Gasteiger partial charge in [0, 0.05) is 25.7 Å². The number of piperidine rings is 1. The van der Waals surface area contributed by atoms with Gasteiger partial charge in [0.05, 0.1) is 0 Å². The van der Waals surface area contributed by atoms with E-state index in [0.29, 0.717) is 25.4 Å². The highest BCUT2D eigenvalue weighted by molar-refractivity contribution is 5.74. The molecule has 0 atom stereocenters. The van der Waals surface area contributed by atoms with E-state index in [0.717, 1.165) is 19.3 Å². The van der Waals surface area contributed by atoms with Crippen LogP contribution in [-0.2, 0) is 0 Å². The van der Waals surface area contributed by atoms with Crippen molar-refractivity contribution in [3.05, 3.63) is 30.3 Å². The zero-order valence-electron chi connectivity index (χ0n) is 12.9. The van der Waals surface area contributed by atoms with Crippen LogP contribution >= 0.6 is 0 Å². The second-order valence-electron chi connectivity index (χ2n) is 5.34. The largest absolute Gasteiger partial charge is 0.415 e. The maximum atomic E-state index is 12.0. The first-order valence-electron chi connectivity index (χ1n) is 7.75. The molecule has 0 aliphatic carbocycles. The third kappa shape index (κ3) is 4.95. The number of nitrogens with one attached hydrogen (secondary N) is 2. The quantitative estimate of drug-likeness (QED) is 0.897. The summed E-state index contributed by atoms with van der Waals surface area (Å²) < 4.78 is 5.31. The van der Waals surface area contributed by atoms with E-state index in [1.807, 2.05) is 25.1 Å². The minimum Gasteiger partial charge on any atom is -0.410 e. The molecule has 0 radical (unpaired) electrons. The van der Waals surface area contributed by atoms with Gasteiger partial charge in [0.2, 0.25) is 0 Å². The van der Waals surface area contributed by atoms with Crippen LogP contribution in [0.5, 0.6) is 5.75 Å². The van der Waals surface area contributed by atoms with Crippen molar-refractivity contribution < 1.29 is 14.3 Å². The van der Waals surface area contributed by atoms with E-state index < -0.39 is 0 Å². The Balaban J connectivity index is 1.72. The first-order chi connectivity index (χ1) is 10.7. The van der Waals surface area contributed by atoms with E-state index in [4.69, 9.17) is 4.74 Å². The van der Waals surface area contributed by atoms with Gasteiger partial charge < -0.3 is 20.3 Å². The van der Waals surface area contributed by atoms with Gasteiger partial charge in [-0.1, -0.05) is 25.1 Å². The summed E-state index contributed by atoms with van der Waals surface area (Å²) in [6.45, 7) is 3.86. The molecule has 1 saturated heterocycles. The minimum atomic E-state index is -0.333. The van der Waals surface area contributed by atoms with Crippen LogP contribution in [-0.4, -0.2) is 42.7 Å². The zero-order chi connectivity index (χ0) is 15.8. The molecule has 1 aliphatic rings. The molecule has 0 bridgehead atoms. The van der Waals surface area contributed by atoms with E-state index in [-0.39, 0.29) is 18.2 Å². The standard InChI is InChI=1S/C16H23N3O3/c1-2-10-17-15(20)18-13-8-11-19(12-9-13)16(21)22-14-6-4-3-5-7-14/h3-7,13H,2,8-12H2,1H3,(H2,17,18,20). The molecule has 2 rings (SSSR count). The molecule has 1 aromatic rings. The summed E-state index contributed by atoms with van der Waals surface area (Å²) in [6.07, 6.45) is 2.06. The fourth-order valence-corrected chi connectivity index (χ4v) is 2.34. The number of amides is 3. The molecule has 6 heteroatoms. The molecule has 1 aliphatic heterocycles. The Morgan fingerprint density at radius 2 is 1.91 bits per heavy atom. The van der Waals surface area contributed by atoms with Crippen molar-refractivity contribution >= 4 is 12.1 Å². The van der Waals surface area contributed by atoms with Gasteiger partial charge in [-0.2, -0.15) is 0 Å². The predicted molar refractivity (Wildman–Crippen MR) is 83.9 cm³/mol. The van der Waals surface area contributed by atoms with Crippen molar-refractivity contribution in [2.75, 3.05) is 19.6 Å². The van der Waals surface area contributed by atoms with Crippen molar-refractivity contribution in [1.82, 2.24) is 15.5 Å². The molecule has 1 fully saturated rings. The van der Waals surface area contributed by atoms with E-state index in [2.05, 4.69) is 10.6 Å². The normalized spacial score (nSPS) is 15.2. The number of hydrogen-bond donors (Lipinski definition) is 2. The lowest BCUT2D eigenvalue weighted by molar-refractivity contribution is 0.136. The van der Waals surface area contributed by atoms with Crippen molar-refractivity contribution in [3.63, 3.8) is 0 Å². The summed E-state index contributed by atoms with van der Waals surface area (Å²) >= 11 is 0. The van der Waals surface area contributed by atoms with Crippen molar-refractivity contribution in [1.29, 1.82) is 0 Å². The van der Waals surface area contributed by atoms with Crippen LogP contribution in [0.1, 0.15) is 26.2 Å². The summed E-state index contributed by atoms with van der Waals surface area (Å²) in [5.41, 5.74) is 0. The van der Waals surface area contributed by atoms with E-state index in [1.54, 1.807) is 17.0 Å². The number of carbonyl (C=O) groups is 2. The molecular weight excluding hydrogens is 282 g/mol. The van der Waals surface area contributed by atoms with Gasteiger partial charge in [0.25, 0.3) is 0 Å². The maximum absolute atomic E-state index is 12.0. The lowest BCUT2D eigenvalue weighted by Crippen LogP contribution is -2.49. The van der Waals surface area contributed by atoms with Crippen LogP contribution in [0, 0.1) is 0 Å². The molecular formula is C16H23N3O3. The lowest BCUT2D eigenvalue weighted by Gasteiger charge is -2.31. The minimum absolute atomic E-state index is 0.109. The summed E-state index contributed by atoms with van der Waals surface area (Å²) in [5, 5.41) is 5.73. The van der Waals surface area contributed by atoms with Gasteiger partial charge in [-0.15, -0.1) is 0 Å². The second-order valence-corrected chi connectivity index (χ2v) is 5.34. The van der Waals surface area contributed by atoms with E-state index >= 15 is 0 Å². The molecule has 3 amide bonds. The molecule has 0 unspecified atom stereocenters. The lowest BCUT2D eigenvalue weighted by atomic mass is 10.1. The number of benzene rings is 1. The van der Waals surface area contributed by atoms with Gasteiger partial charge in [-0.05, 0) is 31.4 Å². The maximum Gasteiger partial charge on any atom is 0.415 e. The van der Waals surface area contributed by atoms with Crippen LogP contribution in [0.3, 0.4) is 0 Å². The molecule has 0 spiro atoms. The topological polar surface area (TPSA) is 70.7 Å². The highest BCUT2D eigenvalue weighted by Crippen LogP contribution is 2.14. The van der Waals surface area contributed by atoms with Gasteiger partial charge in [0.1, 0.15) is 5.75 Å². The Morgan fingerprint density at radius 1 is 1.23 bits per heavy atom. The SMILES string of the molecule is CCCNC(=O)NC1CCN(C(=O)Oc2ccccc2)CC1. The van der Waals surface area contributed by atoms with Crippen LogP contribution < -0.4 is 15.4 Å². The molecule has 2 N–H and O–H groups in total. The van der Waals surface area contributed by atoms with Gasteiger partial charge >= 0.3 is 12.1 Å². The number of rotatable bonds is 4. The monoisotopic (exact) mass is 305 g/mol. The van der Waals surface area contributed by atoms with Crippen LogP contribution in [0.4, 0.5) is 9.59 Å². The highest BCUT2D eigenvalue weighted by atomic mass is 16.6. The number of carbonyl (C=O) groups excluding carboxylic acids is 2. The average molecular weight is 305 g/mol. The Bertz CT molecular complexity index is 485. The zero-order valence-corrected chi connectivity index (χ0v) is 12.9. The number of urea groups is 1. The Labute approximate surface area is 130 Å².